The summed E-state index contributed by atoms with van der Waals surface area (Å²) in [6.45, 7) is 5.72. The molecule has 4 aromatic rings. The predicted octanol–water partition coefficient (Wildman–Crippen LogP) is 4.89. The molecule has 0 fully saturated rings. The van der Waals surface area contributed by atoms with Crippen molar-refractivity contribution in [1.82, 2.24) is 0 Å². The Labute approximate surface area is 167 Å². The molecule has 0 unspecified atom stereocenters. The smallest absolute Gasteiger partial charge is 0.262 e. The van der Waals surface area contributed by atoms with Crippen LogP contribution in [0.25, 0.3) is 21.9 Å². The van der Waals surface area contributed by atoms with E-state index in [1.54, 1.807) is 24.3 Å². The third-order valence-corrected chi connectivity index (χ3v) is 5.10. The molecule has 3 aromatic carbocycles. The Hall–Kier alpha value is -3.60. The summed E-state index contributed by atoms with van der Waals surface area (Å²) in [6, 6.07) is 16.3. The van der Waals surface area contributed by atoms with Gasteiger partial charge in [0.2, 0.25) is 5.43 Å². The van der Waals surface area contributed by atoms with Crippen LogP contribution < -0.4 is 15.5 Å². The Morgan fingerprint density at radius 2 is 1.72 bits per heavy atom. The van der Waals surface area contributed by atoms with Gasteiger partial charge in [-0.25, -0.2) is 0 Å². The number of benzene rings is 3. The SMILES string of the molecule is Cc1ccccc1OCC(=O)Nc1ccc2c(=O)c3ccc(C)c(C)c3oc2c1. The molecule has 5 heteroatoms. The van der Waals surface area contributed by atoms with E-state index in [4.69, 9.17) is 9.15 Å². The maximum absolute atomic E-state index is 12.8. The molecule has 146 valence electrons. The van der Waals surface area contributed by atoms with Crippen molar-refractivity contribution in [1.29, 1.82) is 0 Å². The maximum Gasteiger partial charge on any atom is 0.262 e. The fourth-order valence-electron chi connectivity index (χ4n) is 3.29. The van der Waals surface area contributed by atoms with Gasteiger partial charge in [-0.2, -0.15) is 0 Å². The van der Waals surface area contributed by atoms with Gasteiger partial charge in [0.05, 0.1) is 10.8 Å². The number of amides is 1. The van der Waals surface area contributed by atoms with Crippen molar-refractivity contribution < 1.29 is 13.9 Å². The van der Waals surface area contributed by atoms with Gasteiger partial charge in [0, 0.05) is 11.8 Å². The lowest BCUT2D eigenvalue weighted by atomic mass is 10.0. The van der Waals surface area contributed by atoms with Crippen LogP contribution in [0.1, 0.15) is 16.7 Å². The molecule has 0 radical (unpaired) electrons. The zero-order valence-corrected chi connectivity index (χ0v) is 16.5. The van der Waals surface area contributed by atoms with Crippen LogP contribution in [0.4, 0.5) is 5.69 Å². The van der Waals surface area contributed by atoms with Gasteiger partial charge in [0.15, 0.2) is 6.61 Å². The first kappa shape index (κ1) is 18.7. The lowest BCUT2D eigenvalue weighted by molar-refractivity contribution is -0.118. The zero-order chi connectivity index (χ0) is 20.5. The van der Waals surface area contributed by atoms with Crippen LogP contribution >= 0.6 is 0 Å². The summed E-state index contributed by atoms with van der Waals surface area (Å²) in [7, 11) is 0. The molecule has 0 saturated heterocycles. The Morgan fingerprint density at radius 3 is 2.52 bits per heavy atom. The summed E-state index contributed by atoms with van der Waals surface area (Å²) in [5.41, 5.74) is 4.43. The highest BCUT2D eigenvalue weighted by molar-refractivity contribution is 5.96. The third-order valence-electron chi connectivity index (χ3n) is 5.10. The first-order valence-corrected chi connectivity index (χ1v) is 9.39. The van der Waals surface area contributed by atoms with Gasteiger partial charge in [0.25, 0.3) is 5.91 Å². The third kappa shape index (κ3) is 3.59. The van der Waals surface area contributed by atoms with E-state index in [0.29, 0.717) is 33.4 Å². The van der Waals surface area contributed by atoms with Crippen molar-refractivity contribution >= 4 is 33.5 Å². The number of aryl methyl sites for hydroxylation is 3. The first-order valence-electron chi connectivity index (χ1n) is 9.39. The topological polar surface area (TPSA) is 68.5 Å². The molecule has 1 amide bonds. The van der Waals surface area contributed by atoms with Gasteiger partial charge in [-0.1, -0.05) is 24.3 Å². The molecular weight excluding hydrogens is 366 g/mol. The molecule has 5 nitrogen and oxygen atoms in total. The molecule has 1 aromatic heterocycles. The number of anilines is 1. The molecule has 1 N–H and O–H groups in total. The standard InChI is InChI=1S/C24H21NO4/c1-14-8-10-19-23(27)18-11-9-17(12-21(18)29-24(19)16(14)3)25-22(26)13-28-20-7-5-4-6-15(20)2/h4-12H,13H2,1-3H3,(H,25,26). The number of carbonyl (C=O) groups is 1. The Morgan fingerprint density at radius 1 is 0.966 bits per heavy atom. The summed E-state index contributed by atoms with van der Waals surface area (Å²) >= 11 is 0. The highest BCUT2D eigenvalue weighted by atomic mass is 16.5. The molecule has 29 heavy (non-hydrogen) atoms. The number of nitrogens with one attached hydrogen (secondary N) is 1. The monoisotopic (exact) mass is 387 g/mol. The molecule has 0 aliphatic rings. The molecule has 0 aliphatic carbocycles. The van der Waals surface area contributed by atoms with Crippen LogP contribution in [0.15, 0.2) is 63.8 Å². The second-order valence-corrected chi connectivity index (χ2v) is 7.13. The van der Waals surface area contributed by atoms with Gasteiger partial charge < -0.3 is 14.5 Å². The molecular formula is C24H21NO4. The first-order chi connectivity index (χ1) is 13.9. The Bertz CT molecular complexity index is 1300. The number of para-hydroxylation sites is 1. The van der Waals surface area contributed by atoms with Crippen molar-refractivity contribution in [2.75, 3.05) is 11.9 Å². The van der Waals surface area contributed by atoms with Crippen LogP contribution in [0.3, 0.4) is 0 Å². The predicted molar refractivity (Wildman–Crippen MR) is 115 cm³/mol. The summed E-state index contributed by atoms with van der Waals surface area (Å²) in [4.78, 5) is 25.1. The lowest BCUT2D eigenvalue weighted by Crippen LogP contribution is -2.20. The minimum absolute atomic E-state index is 0.0786. The number of ether oxygens (including phenoxy) is 1. The Kier molecular flexibility index (Phi) is 4.80. The van der Waals surface area contributed by atoms with Crippen LogP contribution in [-0.2, 0) is 4.79 Å². The molecule has 0 bridgehead atoms. The fourth-order valence-corrected chi connectivity index (χ4v) is 3.29. The number of carbonyl (C=O) groups excluding carboxylic acids is 1. The summed E-state index contributed by atoms with van der Waals surface area (Å²) < 4.78 is 11.6. The minimum atomic E-state index is -0.289. The summed E-state index contributed by atoms with van der Waals surface area (Å²) in [6.07, 6.45) is 0. The highest BCUT2D eigenvalue weighted by Crippen LogP contribution is 2.25. The van der Waals surface area contributed by atoms with Gasteiger partial charge in [-0.05, 0) is 61.7 Å². The van der Waals surface area contributed by atoms with Crippen molar-refractivity contribution in [3.8, 4) is 5.75 Å². The zero-order valence-electron chi connectivity index (χ0n) is 16.5. The van der Waals surface area contributed by atoms with Crippen LogP contribution in [0.2, 0.25) is 0 Å². The highest BCUT2D eigenvalue weighted by Gasteiger charge is 2.12. The molecule has 4 rings (SSSR count). The fraction of sp³-hybridized carbons (Fsp3) is 0.167. The van der Waals surface area contributed by atoms with Crippen molar-refractivity contribution in [3.63, 3.8) is 0 Å². The molecule has 0 spiro atoms. The number of fused-ring (bicyclic) bond motifs is 2. The van der Waals surface area contributed by atoms with E-state index in [0.717, 1.165) is 16.7 Å². The normalized spacial score (nSPS) is 11.0. The number of hydrogen-bond acceptors (Lipinski definition) is 4. The van der Waals surface area contributed by atoms with Gasteiger partial charge in [-0.3, -0.25) is 9.59 Å². The van der Waals surface area contributed by atoms with E-state index < -0.39 is 0 Å². The second-order valence-electron chi connectivity index (χ2n) is 7.13. The maximum atomic E-state index is 12.8. The van der Waals surface area contributed by atoms with E-state index in [1.165, 1.54) is 0 Å². The minimum Gasteiger partial charge on any atom is -0.483 e. The Balaban J connectivity index is 1.60. The van der Waals surface area contributed by atoms with E-state index >= 15 is 0 Å². The largest absolute Gasteiger partial charge is 0.483 e. The lowest BCUT2D eigenvalue weighted by Gasteiger charge is -2.10. The molecule has 0 aliphatic heterocycles. The summed E-state index contributed by atoms with van der Waals surface area (Å²) in [5, 5.41) is 3.83. The quantitative estimate of drug-likeness (QED) is 0.506. The van der Waals surface area contributed by atoms with E-state index in [1.807, 2.05) is 51.1 Å². The average molecular weight is 387 g/mol. The van der Waals surface area contributed by atoms with Crippen LogP contribution in [-0.4, -0.2) is 12.5 Å². The van der Waals surface area contributed by atoms with E-state index in [-0.39, 0.29) is 17.9 Å². The molecule has 0 atom stereocenters. The van der Waals surface area contributed by atoms with E-state index in [9.17, 15) is 9.59 Å². The van der Waals surface area contributed by atoms with Gasteiger partial charge >= 0.3 is 0 Å². The van der Waals surface area contributed by atoms with Crippen molar-refractivity contribution in [3.05, 3.63) is 81.5 Å². The van der Waals surface area contributed by atoms with Gasteiger partial charge in [-0.15, -0.1) is 0 Å². The molecule has 1 heterocycles. The van der Waals surface area contributed by atoms with Gasteiger partial charge in [0.1, 0.15) is 16.9 Å². The molecule has 0 saturated carbocycles. The van der Waals surface area contributed by atoms with Crippen LogP contribution in [0, 0.1) is 20.8 Å². The number of hydrogen-bond donors (Lipinski definition) is 1. The number of rotatable bonds is 4. The second kappa shape index (κ2) is 7.43. The average Bonchev–Trinajstić information content (AvgIpc) is 2.70. The van der Waals surface area contributed by atoms with Crippen molar-refractivity contribution in [2.45, 2.75) is 20.8 Å². The van der Waals surface area contributed by atoms with E-state index in [2.05, 4.69) is 5.32 Å². The van der Waals surface area contributed by atoms with Crippen LogP contribution in [0.5, 0.6) is 5.75 Å². The summed E-state index contributed by atoms with van der Waals surface area (Å²) in [5.74, 6) is 0.382. The van der Waals surface area contributed by atoms with Crippen molar-refractivity contribution in [2.24, 2.45) is 0 Å².